The molecular formula is C14H14N2S. The summed E-state index contributed by atoms with van der Waals surface area (Å²) in [7, 11) is 0. The first-order valence-electron chi connectivity index (χ1n) is 5.48. The van der Waals surface area contributed by atoms with Crippen LogP contribution in [0.4, 0.5) is 5.69 Å². The molecule has 0 bridgehead atoms. The molecule has 1 aromatic carbocycles. The van der Waals surface area contributed by atoms with Crippen LogP contribution in [0.3, 0.4) is 0 Å². The van der Waals surface area contributed by atoms with Gasteiger partial charge in [-0.1, -0.05) is 0 Å². The number of rotatable bonds is 3. The van der Waals surface area contributed by atoms with E-state index in [1.165, 1.54) is 10.4 Å². The molecule has 0 fully saturated rings. The van der Waals surface area contributed by atoms with Gasteiger partial charge in [0.1, 0.15) is 0 Å². The van der Waals surface area contributed by atoms with E-state index in [-0.39, 0.29) is 0 Å². The molecule has 1 N–H and O–H groups in total. The summed E-state index contributed by atoms with van der Waals surface area (Å²) in [5.41, 5.74) is 4.14. The summed E-state index contributed by atoms with van der Waals surface area (Å²) in [5.74, 6) is 0. The number of hydrogen-bond donors (Lipinski definition) is 1. The quantitative estimate of drug-likeness (QED) is 0.887. The first kappa shape index (κ1) is 11.7. The predicted molar refractivity (Wildman–Crippen MR) is 72.3 cm³/mol. The first-order chi connectivity index (χ1) is 8.20. The van der Waals surface area contributed by atoms with Crippen LogP contribution in [0.25, 0.3) is 0 Å². The van der Waals surface area contributed by atoms with Crippen LogP contribution in [0.2, 0.25) is 0 Å². The summed E-state index contributed by atoms with van der Waals surface area (Å²) >= 11 is 1.77. The SMILES string of the molecule is Cc1cc(NCc2sccc2C)ccc1C#N. The van der Waals surface area contributed by atoms with Crippen LogP contribution in [0, 0.1) is 25.2 Å². The Morgan fingerprint density at radius 2 is 2.06 bits per heavy atom. The maximum absolute atomic E-state index is 8.86. The summed E-state index contributed by atoms with van der Waals surface area (Å²) in [6.45, 7) is 4.92. The molecule has 3 heteroatoms. The molecule has 0 saturated heterocycles. The van der Waals surface area contributed by atoms with Crippen LogP contribution in [-0.4, -0.2) is 0 Å². The van der Waals surface area contributed by atoms with E-state index in [4.69, 9.17) is 5.26 Å². The molecule has 86 valence electrons. The second-order valence-electron chi connectivity index (χ2n) is 4.02. The highest BCUT2D eigenvalue weighted by Gasteiger charge is 2.01. The maximum atomic E-state index is 8.86. The Kier molecular flexibility index (Phi) is 3.46. The molecule has 0 atom stereocenters. The molecule has 0 unspecified atom stereocenters. The fourth-order valence-electron chi connectivity index (χ4n) is 1.67. The fraction of sp³-hybridized carbons (Fsp3) is 0.214. The minimum atomic E-state index is 0.739. The monoisotopic (exact) mass is 242 g/mol. The van der Waals surface area contributed by atoms with E-state index in [1.54, 1.807) is 11.3 Å². The number of anilines is 1. The van der Waals surface area contributed by atoms with Gasteiger partial charge >= 0.3 is 0 Å². The van der Waals surface area contributed by atoms with Gasteiger partial charge in [-0.2, -0.15) is 5.26 Å². The van der Waals surface area contributed by atoms with Crippen LogP contribution in [0.15, 0.2) is 29.6 Å². The van der Waals surface area contributed by atoms with Crippen molar-refractivity contribution in [2.75, 3.05) is 5.32 Å². The van der Waals surface area contributed by atoms with Crippen molar-refractivity contribution in [3.63, 3.8) is 0 Å². The Labute approximate surface area is 106 Å². The Morgan fingerprint density at radius 1 is 1.24 bits per heavy atom. The van der Waals surface area contributed by atoms with E-state index in [1.807, 2.05) is 25.1 Å². The van der Waals surface area contributed by atoms with Gasteiger partial charge < -0.3 is 5.32 Å². The summed E-state index contributed by atoms with van der Waals surface area (Å²) in [4.78, 5) is 1.35. The Morgan fingerprint density at radius 3 is 2.65 bits per heavy atom. The number of nitrogens with zero attached hydrogens (tertiary/aromatic N) is 1. The zero-order valence-electron chi connectivity index (χ0n) is 9.95. The zero-order valence-corrected chi connectivity index (χ0v) is 10.8. The molecule has 1 heterocycles. The van der Waals surface area contributed by atoms with Gasteiger partial charge in [0.15, 0.2) is 0 Å². The topological polar surface area (TPSA) is 35.8 Å². The number of nitrogens with one attached hydrogen (secondary N) is 1. The van der Waals surface area contributed by atoms with E-state index in [9.17, 15) is 0 Å². The molecule has 0 aliphatic carbocycles. The Bertz CT molecular complexity index is 564. The Balaban J connectivity index is 2.08. The second-order valence-corrected chi connectivity index (χ2v) is 5.02. The van der Waals surface area contributed by atoms with Gasteiger partial charge in [0.25, 0.3) is 0 Å². The highest BCUT2D eigenvalue weighted by molar-refractivity contribution is 7.10. The van der Waals surface area contributed by atoms with E-state index in [0.717, 1.165) is 23.4 Å². The molecule has 0 saturated carbocycles. The number of hydrogen-bond acceptors (Lipinski definition) is 3. The third kappa shape index (κ3) is 2.66. The fourth-order valence-corrected chi connectivity index (χ4v) is 2.51. The average Bonchev–Trinajstić information content (AvgIpc) is 2.72. The van der Waals surface area contributed by atoms with Crippen molar-refractivity contribution in [3.8, 4) is 6.07 Å². The summed E-state index contributed by atoms with van der Waals surface area (Å²) in [6.07, 6.45) is 0. The molecule has 2 rings (SSSR count). The van der Waals surface area contributed by atoms with Crippen LogP contribution >= 0.6 is 11.3 Å². The smallest absolute Gasteiger partial charge is 0.0994 e. The predicted octanol–water partition coefficient (Wildman–Crippen LogP) is 3.85. The highest BCUT2D eigenvalue weighted by Crippen LogP contribution is 2.19. The normalized spacial score (nSPS) is 9.94. The van der Waals surface area contributed by atoms with E-state index >= 15 is 0 Å². The highest BCUT2D eigenvalue weighted by atomic mass is 32.1. The van der Waals surface area contributed by atoms with Gasteiger partial charge in [-0.3, -0.25) is 0 Å². The van der Waals surface area contributed by atoms with Crippen molar-refractivity contribution in [1.82, 2.24) is 0 Å². The minimum Gasteiger partial charge on any atom is -0.380 e. The summed E-state index contributed by atoms with van der Waals surface area (Å²) in [5, 5.41) is 14.3. The van der Waals surface area contributed by atoms with Gasteiger partial charge in [0.2, 0.25) is 0 Å². The zero-order chi connectivity index (χ0) is 12.3. The van der Waals surface area contributed by atoms with Crippen molar-refractivity contribution in [2.24, 2.45) is 0 Å². The first-order valence-corrected chi connectivity index (χ1v) is 6.36. The summed E-state index contributed by atoms with van der Waals surface area (Å²) in [6, 6.07) is 10.1. The van der Waals surface area contributed by atoms with Gasteiger partial charge in [-0.25, -0.2) is 0 Å². The van der Waals surface area contributed by atoms with Gasteiger partial charge in [-0.15, -0.1) is 11.3 Å². The van der Waals surface area contributed by atoms with Crippen LogP contribution in [-0.2, 0) is 6.54 Å². The van der Waals surface area contributed by atoms with Gasteiger partial charge in [0, 0.05) is 17.1 Å². The van der Waals surface area contributed by atoms with Gasteiger partial charge in [0.05, 0.1) is 11.6 Å². The third-order valence-corrected chi connectivity index (χ3v) is 3.79. The van der Waals surface area contributed by atoms with Crippen LogP contribution in [0.1, 0.15) is 21.6 Å². The lowest BCUT2D eigenvalue weighted by Crippen LogP contribution is -1.99. The molecule has 0 amide bonds. The van der Waals surface area contributed by atoms with Crippen LogP contribution in [0.5, 0.6) is 0 Å². The minimum absolute atomic E-state index is 0.739. The maximum Gasteiger partial charge on any atom is 0.0994 e. The number of aryl methyl sites for hydroxylation is 2. The molecule has 0 radical (unpaired) electrons. The number of benzene rings is 1. The largest absolute Gasteiger partial charge is 0.380 e. The van der Waals surface area contributed by atoms with Crippen molar-refractivity contribution in [2.45, 2.75) is 20.4 Å². The molecule has 2 nitrogen and oxygen atoms in total. The van der Waals surface area contributed by atoms with Crippen molar-refractivity contribution >= 4 is 17.0 Å². The van der Waals surface area contributed by atoms with Crippen molar-refractivity contribution < 1.29 is 0 Å². The molecular weight excluding hydrogens is 228 g/mol. The van der Waals surface area contributed by atoms with E-state index in [0.29, 0.717) is 0 Å². The molecule has 0 aliphatic heterocycles. The number of nitriles is 1. The summed E-state index contributed by atoms with van der Waals surface area (Å²) < 4.78 is 0. The molecule has 2 aromatic rings. The molecule has 0 aliphatic rings. The van der Waals surface area contributed by atoms with Gasteiger partial charge in [-0.05, 0) is 54.6 Å². The third-order valence-electron chi connectivity index (χ3n) is 2.77. The molecule has 0 spiro atoms. The van der Waals surface area contributed by atoms with Crippen molar-refractivity contribution in [1.29, 1.82) is 5.26 Å². The van der Waals surface area contributed by atoms with Crippen LogP contribution < -0.4 is 5.32 Å². The standard InChI is InChI=1S/C14H14N2S/c1-10-5-6-17-14(10)9-16-13-4-3-12(8-15)11(2)7-13/h3-7,16H,9H2,1-2H3. The second kappa shape index (κ2) is 5.03. The Hall–Kier alpha value is -1.79. The average molecular weight is 242 g/mol. The number of thiophene rings is 1. The lowest BCUT2D eigenvalue weighted by molar-refractivity contribution is 1.16. The lowest BCUT2D eigenvalue weighted by atomic mass is 10.1. The molecule has 1 aromatic heterocycles. The van der Waals surface area contributed by atoms with E-state index < -0.39 is 0 Å². The van der Waals surface area contributed by atoms with Crippen molar-refractivity contribution in [3.05, 3.63) is 51.2 Å². The molecule has 17 heavy (non-hydrogen) atoms. The lowest BCUT2D eigenvalue weighted by Gasteiger charge is -2.07. The van der Waals surface area contributed by atoms with E-state index in [2.05, 4.69) is 29.8 Å².